The van der Waals surface area contributed by atoms with Crippen molar-refractivity contribution < 1.29 is 4.79 Å². The van der Waals surface area contributed by atoms with Crippen LogP contribution in [0.4, 0.5) is 5.69 Å². The van der Waals surface area contributed by atoms with Crippen molar-refractivity contribution in [2.24, 2.45) is 12.9 Å². The van der Waals surface area contributed by atoms with Crippen molar-refractivity contribution in [3.63, 3.8) is 0 Å². The van der Waals surface area contributed by atoms with Crippen LogP contribution in [0.25, 0.3) is 0 Å². The third-order valence-corrected chi connectivity index (χ3v) is 2.53. The monoisotopic (exact) mass is 245 g/mol. The summed E-state index contributed by atoms with van der Waals surface area (Å²) < 4.78 is 1.69. The standard InChI is InChI=1S/C12H15N5O/c1-17-7-6-9(16-17)8-14-12(18)10-4-2-3-5-11(10)15-13/h2-7,15H,8,13H2,1H3,(H,14,18). The Labute approximate surface area is 105 Å². The summed E-state index contributed by atoms with van der Waals surface area (Å²) in [5.41, 5.74) is 4.41. The largest absolute Gasteiger partial charge is 0.346 e. The molecule has 4 N–H and O–H groups in total. The number of hydrazine groups is 1. The SMILES string of the molecule is Cn1ccc(CNC(=O)c2ccccc2NN)n1. The lowest BCUT2D eigenvalue weighted by atomic mass is 10.1. The zero-order valence-electron chi connectivity index (χ0n) is 10.1. The summed E-state index contributed by atoms with van der Waals surface area (Å²) in [6, 6.07) is 8.91. The molecule has 2 aromatic rings. The molecule has 0 aliphatic rings. The normalized spacial score (nSPS) is 10.1. The Kier molecular flexibility index (Phi) is 3.59. The zero-order valence-corrected chi connectivity index (χ0v) is 10.1. The highest BCUT2D eigenvalue weighted by Crippen LogP contribution is 2.13. The molecular weight excluding hydrogens is 230 g/mol. The minimum atomic E-state index is -0.186. The summed E-state index contributed by atoms with van der Waals surface area (Å²) in [4.78, 5) is 12.0. The summed E-state index contributed by atoms with van der Waals surface area (Å²) >= 11 is 0. The Bertz CT molecular complexity index is 549. The molecule has 0 saturated carbocycles. The lowest BCUT2D eigenvalue weighted by Crippen LogP contribution is -2.25. The molecule has 0 spiro atoms. The number of para-hydroxylation sites is 1. The second-order valence-corrected chi connectivity index (χ2v) is 3.85. The first-order valence-electron chi connectivity index (χ1n) is 5.53. The van der Waals surface area contributed by atoms with Gasteiger partial charge in [-0.05, 0) is 18.2 Å². The van der Waals surface area contributed by atoms with Crippen LogP contribution in [-0.4, -0.2) is 15.7 Å². The third-order valence-electron chi connectivity index (χ3n) is 2.53. The number of nitrogens with zero attached hydrogens (tertiary/aromatic N) is 2. The van der Waals surface area contributed by atoms with Crippen molar-refractivity contribution in [3.05, 3.63) is 47.8 Å². The van der Waals surface area contributed by atoms with Gasteiger partial charge < -0.3 is 10.7 Å². The number of nitrogen functional groups attached to an aromatic ring is 1. The number of carbonyl (C=O) groups excluding carboxylic acids is 1. The Balaban J connectivity index is 2.03. The highest BCUT2D eigenvalue weighted by molar-refractivity contribution is 5.99. The molecule has 0 fully saturated rings. The van der Waals surface area contributed by atoms with Gasteiger partial charge in [-0.1, -0.05) is 12.1 Å². The average molecular weight is 245 g/mol. The Morgan fingerprint density at radius 3 is 2.83 bits per heavy atom. The van der Waals surface area contributed by atoms with Gasteiger partial charge in [0.1, 0.15) is 0 Å². The third kappa shape index (κ3) is 2.67. The number of benzene rings is 1. The van der Waals surface area contributed by atoms with Crippen LogP contribution in [-0.2, 0) is 13.6 Å². The highest BCUT2D eigenvalue weighted by atomic mass is 16.1. The molecule has 6 nitrogen and oxygen atoms in total. The van der Waals surface area contributed by atoms with Crippen molar-refractivity contribution in [2.75, 3.05) is 5.43 Å². The quantitative estimate of drug-likeness (QED) is 0.545. The van der Waals surface area contributed by atoms with E-state index in [0.717, 1.165) is 5.69 Å². The van der Waals surface area contributed by atoms with Crippen LogP contribution in [0.1, 0.15) is 16.1 Å². The molecular formula is C12H15N5O. The van der Waals surface area contributed by atoms with E-state index < -0.39 is 0 Å². The maximum Gasteiger partial charge on any atom is 0.253 e. The number of carbonyl (C=O) groups is 1. The maximum atomic E-state index is 12.0. The van der Waals surface area contributed by atoms with Crippen molar-refractivity contribution in [1.82, 2.24) is 15.1 Å². The van der Waals surface area contributed by atoms with Crippen LogP contribution in [0.5, 0.6) is 0 Å². The lowest BCUT2D eigenvalue weighted by molar-refractivity contribution is 0.0951. The number of hydrogen-bond acceptors (Lipinski definition) is 4. The first kappa shape index (κ1) is 12.1. The number of hydrogen-bond donors (Lipinski definition) is 3. The van der Waals surface area contributed by atoms with Gasteiger partial charge in [-0.2, -0.15) is 5.10 Å². The Hall–Kier alpha value is -2.34. The Morgan fingerprint density at radius 1 is 1.39 bits per heavy atom. The molecule has 18 heavy (non-hydrogen) atoms. The topological polar surface area (TPSA) is 85.0 Å². The first-order valence-corrected chi connectivity index (χ1v) is 5.53. The maximum absolute atomic E-state index is 12.0. The molecule has 0 aliphatic heterocycles. The van der Waals surface area contributed by atoms with E-state index in [0.29, 0.717) is 17.8 Å². The first-order chi connectivity index (χ1) is 8.70. The minimum Gasteiger partial charge on any atom is -0.346 e. The number of nitrogens with two attached hydrogens (primary N) is 1. The number of aromatic nitrogens is 2. The molecule has 0 radical (unpaired) electrons. The fraction of sp³-hybridized carbons (Fsp3) is 0.167. The molecule has 1 aromatic heterocycles. The second kappa shape index (κ2) is 5.33. The molecule has 0 atom stereocenters. The number of amides is 1. The average Bonchev–Trinajstić information content (AvgIpc) is 2.81. The van der Waals surface area contributed by atoms with Crippen LogP contribution >= 0.6 is 0 Å². The number of rotatable bonds is 4. The Morgan fingerprint density at radius 2 is 2.17 bits per heavy atom. The van der Waals surface area contributed by atoms with Gasteiger partial charge in [0.25, 0.3) is 5.91 Å². The van der Waals surface area contributed by atoms with Crippen LogP contribution < -0.4 is 16.6 Å². The summed E-state index contributed by atoms with van der Waals surface area (Å²) in [5, 5.41) is 6.97. The van der Waals surface area contributed by atoms with E-state index in [1.807, 2.05) is 25.4 Å². The van der Waals surface area contributed by atoms with Gasteiger partial charge in [-0.25, -0.2) is 0 Å². The van der Waals surface area contributed by atoms with Crippen LogP contribution in [0, 0.1) is 0 Å². The molecule has 94 valence electrons. The van der Waals surface area contributed by atoms with E-state index in [1.165, 1.54) is 0 Å². The number of anilines is 1. The molecule has 2 rings (SSSR count). The van der Waals surface area contributed by atoms with E-state index in [-0.39, 0.29) is 5.91 Å². The molecule has 0 unspecified atom stereocenters. The molecule has 0 saturated heterocycles. The van der Waals surface area contributed by atoms with Crippen molar-refractivity contribution in [3.8, 4) is 0 Å². The van der Waals surface area contributed by atoms with E-state index in [4.69, 9.17) is 5.84 Å². The highest BCUT2D eigenvalue weighted by Gasteiger charge is 2.10. The van der Waals surface area contributed by atoms with Crippen LogP contribution in [0.2, 0.25) is 0 Å². The predicted molar refractivity (Wildman–Crippen MR) is 68.6 cm³/mol. The van der Waals surface area contributed by atoms with Gasteiger partial charge in [-0.3, -0.25) is 15.3 Å². The van der Waals surface area contributed by atoms with Crippen LogP contribution in [0.15, 0.2) is 36.5 Å². The van der Waals surface area contributed by atoms with Gasteiger partial charge >= 0.3 is 0 Å². The molecule has 1 heterocycles. The molecule has 6 heteroatoms. The summed E-state index contributed by atoms with van der Waals surface area (Å²) in [7, 11) is 1.83. The van der Waals surface area contributed by atoms with Crippen molar-refractivity contribution >= 4 is 11.6 Å². The van der Waals surface area contributed by atoms with Gasteiger partial charge in [0.2, 0.25) is 0 Å². The number of nitrogens with one attached hydrogen (secondary N) is 2. The second-order valence-electron chi connectivity index (χ2n) is 3.85. The lowest BCUT2D eigenvalue weighted by Gasteiger charge is -2.08. The predicted octanol–water partition coefficient (Wildman–Crippen LogP) is 0.636. The minimum absolute atomic E-state index is 0.186. The summed E-state index contributed by atoms with van der Waals surface area (Å²) in [6.45, 7) is 0.387. The molecule has 0 aliphatic carbocycles. The van der Waals surface area contributed by atoms with E-state index in [9.17, 15) is 4.79 Å². The number of aryl methyl sites for hydroxylation is 1. The van der Waals surface area contributed by atoms with E-state index in [2.05, 4.69) is 15.8 Å². The molecule has 1 aromatic carbocycles. The molecule has 1 amide bonds. The van der Waals surface area contributed by atoms with Gasteiger partial charge in [-0.15, -0.1) is 0 Å². The zero-order chi connectivity index (χ0) is 13.0. The molecule has 0 bridgehead atoms. The van der Waals surface area contributed by atoms with Gasteiger partial charge in [0, 0.05) is 13.2 Å². The van der Waals surface area contributed by atoms with Gasteiger partial charge in [0.05, 0.1) is 23.5 Å². The van der Waals surface area contributed by atoms with E-state index in [1.54, 1.807) is 22.9 Å². The van der Waals surface area contributed by atoms with Crippen LogP contribution in [0.3, 0.4) is 0 Å². The van der Waals surface area contributed by atoms with E-state index >= 15 is 0 Å². The smallest absolute Gasteiger partial charge is 0.253 e. The fourth-order valence-electron chi connectivity index (χ4n) is 1.63. The summed E-state index contributed by atoms with van der Waals surface area (Å²) in [5.74, 6) is 5.17. The van der Waals surface area contributed by atoms with Crippen molar-refractivity contribution in [2.45, 2.75) is 6.54 Å². The van der Waals surface area contributed by atoms with Crippen molar-refractivity contribution in [1.29, 1.82) is 0 Å². The van der Waals surface area contributed by atoms with Gasteiger partial charge in [0.15, 0.2) is 0 Å². The fourth-order valence-corrected chi connectivity index (χ4v) is 1.63. The summed E-state index contributed by atoms with van der Waals surface area (Å²) in [6.07, 6.45) is 1.83.